The SMILES string of the molecule is O=C(N[C@H]1CCc2ccccc21)[C@@H]1CC(=O)N(c2ccc(F)c(Cl)c2)C1. The van der Waals surface area contributed by atoms with Gasteiger partial charge in [-0.05, 0) is 42.2 Å². The monoisotopic (exact) mass is 372 g/mol. The molecule has 0 bridgehead atoms. The maximum Gasteiger partial charge on any atom is 0.227 e. The van der Waals surface area contributed by atoms with Crippen LogP contribution in [0, 0.1) is 11.7 Å². The first kappa shape index (κ1) is 17.0. The smallest absolute Gasteiger partial charge is 0.227 e. The Hall–Kier alpha value is -2.40. The number of carbonyl (C=O) groups is 2. The van der Waals surface area contributed by atoms with Gasteiger partial charge in [0.2, 0.25) is 11.8 Å². The van der Waals surface area contributed by atoms with E-state index in [0.29, 0.717) is 5.69 Å². The van der Waals surface area contributed by atoms with Crippen LogP contribution in [0.2, 0.25) is 5.02 Å². The van der Waals surface area contributed by atoms with Crippen LogP contribution in [0.1, 0.15) is 30.0 Å². The Morgan fingerprint density at radius 1 is 1.23 bits per heavy atom. The highest BCUT2D eigenvalue weighted by Gasteiger charge is 2.36. The van der Waals surface area contributed by atoms with Gasteiger partial charge in [-0.15, -0.1) is 0 Å². The number of hydrogen-bond acceptors (Lipinski definition) is 2. The van der Waals surface area contributed by atoms with Gasteiger partial charge in [-0.3, -0.25) is 9.59 Å². The van der Waals surface area contributed by atoms with E-state index in [1.165, 1.54) is 28.7 Å². The molecule has 6 heteroatoms. The fourth-order valence-corrected chi connectivity index (χ4v) is 3.96. The molecule has 1 aliphatic heterocycles. The molecule has 0 radical (unpaired) electrons. The first-order valence-electron chi connectivity index (χ1n) is 8.66. The molecule has 2 atom stereocenters. The maximum absolute atomic E-state index is 13.3. The second-order valence-corrected chi connectivity index (χ2v) is 7.21. The third kappa shape index (κ3) is 3.07. The van der Waals surface area contributed by atoms with E-state index in [2.05, 4.69) is 11.4 Å². The molecule has 4 nitrogen and oxygen atoms in total. The average molecular weight is 373 g/mol. The molecular formula is C20H18ClFN2O2. The number of anilines is 1. The largest absolute Gasteiger partial charge is 0.349 e. The highest BCUT2D eigenvalue weighted by molar-refractivity contribution is 6.31. The van der Waals surface area contributed by atoms with Gasteiger partial charge in [0.15, 0.2) is 0 Å². The number of amides is 2. The summed E-state index contributed by atoms with van der Waals surface area (Å²) < 4.78 is 13.3. The lowest BCUT2D eigenvalue weighted by molar-refractivity contribution is -0.127. The molecule has 1 saturated heterocycles. The Morgan fingerprint density at radius 2 is 2.04 bits per heavy atom. The van der Waals surface area contributed by atoms with Crippen LogP contribution in [0.4, 0.5) is 10.1 Å². The summed E-state index contributed by atoms with van der Waals surface area (Å²) in [6.45, 7) is 0.279. The summed E-state index contributed by atoms with van der Waals surface area (Å²) in [7, 11) is 0. The fourth-order valence-electron chi connectivity index (χ4n) is 3.78. The summed E-state index contributed by atoms with van der Waals surface area (Å²) in [6.07, 6.45) is 1.98. The number of rotatable bonds is 3. The van der Waals surface area contributed by atoms with E-state index in [9.17, 15) is 14.0 Å². The predicted octanol–water partition coefficient (Wildman–Crippen LogP) is 3.64. The Bertz CT molecular complexity index is 886. The molecule has 2 aromatic rings. The summed E-state index contributed by atoms with van der Waals surface area (Å²) in [4.78, 5) is 26.5. The van der Waals surface area contributed by atoms with Crippen molar-refractivity contribution in [3.8, 4) is 0 Å². The number of halogens is 2. The van der Waals surface area contributed by atoms with Crippen LogP contribution in [0.5, 0.6) is 0 Å². The van der Waals surface area contributed by atoms with E-state index < -0.39 is 11.7 Å². The van der Waals surface area contributed by atoms with Gasteiger partial charge in [-0.25, -0.2) is 4.39 Å². The Balaban J connectivity index is 1.45. The van der Waals surface area contributed by atoms with Crippen molar-refractivity contribution in [1.29, 1.82) is 0 Å². The summed E-state index contributed by atoms with van der Waals surface area (Å²) >= 11 is 5.81. The van der Waals surface area contributed by atoms with E-state index in [1.54, 1.807) is 0 Å². The summed E-state index contributed by atoms with van der Waals surface area (Å²) in [5, 5.41) is 3.05. The van der Waals surface area contributed by atoms with Gasteiger partial charge >= 0.3 is 0 Å². The Kier molecular flexibility index (Phi) is 4.41. The van der Waals surface area contributed by atoms with E-state index in [-0.39, 0.29) is 35.8 Å². The summed E-state index contributed by atoms with van der Waals surface area (Å²) in [5.74, 6) is -1.22. The number of aryl methyl sites for hydroxylation is 1. The van der Waals surface area contributed by atoms with Gasteiger partial charge in [-0.2, -0.15) is 0 Å². The third-order valence-corrected chi connectivity index (χ3v) is 5.45. The highest BCUT2D eigenvalue weighted by atomic mass is 35.5. The van der Waals surface area contributed by atoms with E-state index in [4.69, 9.17) is 11.6 Å². The summed E-state index contributed by atoms with van der Waals surface area (Å²) in [6, 6.07) is 12.3. The Labute approximate surface area is 155 Å². The van der Waals surface area contributed by atoms with Gasteiger partial charge in [0.25, 0.3) is 0 Å². The third-order valence-electron chi connectivity index (χ3n) is 5.16. The molecule has 134 valence electrons. The topological polar surface area (TPSA) is 49.4 Å². The molecule has 0 saturated carbocycles. The van der Waals surface area contributed by atoms with Crippen LogP contribution in [-0.4, -0.2) is 18.4 Å². The summed E-state index contributed by atoms with van der Waals surface area (Å²) in [5.41, 5.74) is 2.94. The minimum absolute atomic E-state index is 0.00289. The van der Waals surface area contributed by atoms with Crippen LogP contribution in [0.3, 0.4) is 0 Å². The number of nitrogens with zero attached hydrogens (tertiary/aromatic N) is 1. The zero-order valence-electron chi connectivity index (χ0n) is 14.0. The van der Waals surface area contributed by atoms with E-state index >= 15 is 0 Å². The van der Waals surface area contributed by atoms with Gasteiger partial charge in [0, 0.05) is 18.7 Å². The first-order chi connectivity index (χ1) is 12.5. The van der Waals surface area contributed by atoms with Gasteiger partial charge in [0.05, 0.1) is 17.0 Å². The number of carbonyl (C=O) groups excluding carboxylic acids is 2. The van der Waals surface area contributed by atoms with Crippen molar-refractivity contribution in [2.45, 2.75) is 25.3 Å². The number of nitrogens with one attached hydrogen (secondary N) is 1. The fraction of sp³-hybridized carbons (Fsp3) is 0.300. The van der Waals surface area contributed by atoms with Crippen LogP contribution < -0.4 is 10.2 Å². The minimum Gasteiger partial charge on any atom is -0.349 e. The van der Waals surface area contributed by atoms with Crippen molar-refractivity contribution >= 4 is 29.1 Å². The molecule has 4 rings (SSSR count). The van der Waals surface area contributed by atoms with E-state index in [1.807, 2.05) is 18.2 Å². The quantitative estimate of drug-likeness (QED) is 0.894. The minimum atomic E-state index is -0.531. The first-order valence-corrected chi connectivity index (χ1v) is 9.04. The molecule has 0 spiro atoms. The molecule has 1 fully saturated rings. The van der Waals surface area contributed by atoms with Crippen molar-refractivity contribution in [2.24, 2.45) is 5.92 Å². The second-order valence-electron chi connectivity index (χ2n) is 6.80. The van der Waals surface area contributed by atoms with Crippen molar-refractivity contribution < 1.29 is 14.0 Å². The van der Waals surface area contributed by atoms with Crippen molar-refractivity contribution in [2.75, 3.05) is 11.4 Å². The molecule has 1 N–H and O–H groups in total. The average Bonchev–Trinajstić information content (AvgIpc) is 3.22. The Morgan fingerprint density at radius 3 is 2.85 bits per heavy atom. The predicted molar refractivity (Wildman–Crippen MR) is 97.5 cm³/mol. The van der Waals surface area contributed by atoms with Crippen LogP contribution >= 0.6 is 11.6 Å². The lowest BCUT2D eigenvalue weighted by atomic mass is 10.1. The molecule has 1 aliphatic carbocycles. The number of benzene rings is 2. The van der Waals surface area contributed by atoms with Gasteiger partial charge in [0.1, 0.15) is 5.82 Å². The molecule has 26 heavy (non-hydrogen) atoms. The van der Waals surface area contributed by atoms with Gasteiger partial charge in [-0.1, -0.05) is 35.9 Å². The lowest BCUT2D eigenvalue weighted by Gasteiger charge is -2.19. The maximum atomic E-state index is 13.3. The molecule has 1 heterocycles. The lowest BCUT2D eigenvalue weighted by Crippen LogP contribution is -2.34. The number of fused-ring (bicyclic) bond motifs is 1. The van der Waals surface area contributed by atoms with Crippen molar-refractivity contribution in [1.82, 2.24) is 5.32 Å². The standard InChI is InChI=1S/C20H18ClFN2O2/c21-16-10-14(6-7-17(16)22)24-11-13(9-19(24)25)20(26)23-18-8-5-12-3-1-2-4-15(12)18/h1-4,6-7,10,13,18H,5,8-9,11H2,(H,23,26)/t13-,18+/m1/s1. The van der Waals surface area contributed by atoms with Crippen molar-refractivity contribution in [3.05, 3.63) is 64.4 Å². The highest BCUT2D eigenvalue weighted by Crippen LogP contribution is 2.32. The van der Waals surface area contributed by atoms with Crippen LogP contribution in [0.25, 0.3) is 0 Å². The molecule has 2 aliphatic rings. The molecule has 0 aromatic heterocycles. The molecule has 2 amide bonds. The normalized spacial score (nSPS) is 21.8. The second kappa shape index (κ2) is 6.72. The zero-order chi connectivity index (χ0) is 18.3. The molecule has 0 unspecified atom stereocenters. The molecular weight excluding hydrogens is 355 g/mol. The number of hydrogen-bond donors (Lipinski definition) is 1. The van der Waals surface area contributed by atoms with E-state index in [0.717, 1.165) is 18.4 Å². The van der Waals surface area contributed by atoms with Crippen LogP contribution in [-0.2, 0) is 16.0 Å². The molecule has 2 aromatic carbocycles. The van der Waals surface area contributed by atoms with Gasteiger partial charge < -0.3 is 10.2 Å². The van der Waals surface area contributed by atoms with Crippen molar-refractivity contribution in [3.63, 3.8) is 0 Å². The zero-order valence-corrected chi connectivity index (χ0v) is 14.8. The van der Waals surface area contributed by atoms with Crippen LogP contribution in [0.15, 0.2) is 42.5 Å².